The van der Waals surface area contributed by atoms with E-state index in [-0.39, 0.29) is 29.8 Å². The molecule has 0 aliphatic carbocycles. The maximum Gasteiger partial charge on any atom is 0.363 e. The van der Waals surface area contributed by atoms with Gasteiger partial charge >= 0.3 is 5.97 Å². The standard InChI is InChI=1S/C23H15F2NO3/c24-18-10-8-16(9-11-18)22-26-21(23(27)29-22)13-15-4-3-6-19(12-15)28-14-17-5-1-2-7-20(17)25/h1-13H,14H2/b21-13-. The first-order valence-electron chi connectivity index (χ1n) is 8.83. The van der Waals surface area contributed by atoms with Crippen molar-refractivity contribution in [1.29, 1.82) is 0 Å². The molecule has 1 aliphatic rings. The molecule has 3 aromatic carbocycles. The van der Waals surface area contributed by atoms with Crippen molar-refractivity contribution in [2.45, 2.75) is 6.61 Å². The lowest BCUT2D eigenvalue weighted by molar-refractivity contribution is -0.129. The van der Waals surface area contributed by atoms with E-state index in [4.69, 9.17) is 9.47 Å². The van der Waals surface area contributed by atoms with Crippen molar-refractivity contribution < 1.29 is 23.0 Å². The van der Waals surface area contributed by atoms with Crippen LogP contribution in [0.15, 0.2) is 83.5 Å². The van der Waals surface area contributed by atoms with Crippen molar-refractivity contribution in [3.05, 3.63) is 107 Å². The highest BCUT2D eigenvalue weighted by molar-refractivity contribution is 6.12. The maximum atomic E-state index is 13.7. The van der Waals surface area contributed by atoms with Gasteiger partial charge < -0.3 is 9.47 Å². The Morgan fingerprint density at radius 3 is 2.55 bits per heavy atom. The number of hydrogen-bond acceptors (Lipinski definition) is 4. The van der Waals surface area contributed by atoms with E-state index >= 15 is 0 Å². The first-order chi connectivity index (χ1) is 14.1. The Morgan fingerprint density at radius 1 is 0.966 bits per heavy atom. The summed E-state index contributed by atoms with van der Waals surface area (Å²) in [6.45, 7) is 0.0849. The van der Waals surface area contributed by atoms with Crippen LogP contribution in [0.1, 0.15) is 16.7 Å². The van der Waals surface area contributed by atoms with Gasteiger partial charge in [-0.15, -0.1) is 0 Å². The largest absolute Gasteiger partial charge is 0.489 e. The summed E-state index contributed by atoms with van der Waals surface area (Å²) in [6.07, 6.45) is 1.56. The molecule has 0 N–H and O–H groups in total. The molecule has 0 unspecified atom stereocenters. The zero-order valence-corrected chi connectivity index (χ0v) is 15.1. The summed E-state index contributed by atoms with van der Waals surface area (Å²) >= 11 is 0. The molecule has 0 radical (unpaired) electrons. The molecule has 0 saturated heterocycles. The average Bonchev–Trinajstić information content (AvgIpc) is 3.08. The number of cyclic esters (lactones) is 1. The predicted octanol–water partition coefficient (Wildman–Crippen LogP) is 4.89. The van der Waals surface area contributed by atoms with E-state index in [1.54, 1.807) is 48.5 Å². The van der Waals surface area contributed by atoms with Gasteiger partial charge in [-0.1, -0.05) is 30.3 Å². The smallest absolute Gasteiger partial charge is 0.363 e. The third-order valence-corrected chi connectivity index (χ3v) is 4.23. The van der Waals surface area contributed by atoms with Crippen LogP contribution in [0.3, 0.4) is 0 Å². The van der Waals surface area contributed by atoms with Gasteiger partial charge in [0.1, 0.15) is 24.0 Å². The molecule has 3 aromatic rings. The van der Waals surface area contributed by atoms with Gasteiger partial charge in [-0.3, -0.25) is 0 Å². The molecule has 29 heavy (non-hydrogen) atoms. The lowest BCUT2D eigenvalue weighted by Crippen LogP contribution is -2.05. The Bertz CT molecular complexity index is 1120. The minimum atomic E-state index is -0.595. The number of hydrogen-bond donors (Lipinski definition) is 0. The lowest BCUT2D eigenvalue weighted by Gasteiger charge is -2.07. The Balaban J connectivity index is 1.52. The molecule has 0 saturated carbocycles. The minimum absolute atomic E-state index is 0.0849. The topological polar surface area (TPSA) is 47.9 Å². The highest BCUT2D eigenvalue weighted by Gasteiger charge is 2.24. The SMILES string of the molecule is O=C1OC(c2ccc(F)cc2)=N/C1=C\c1cccc(OCc2ccccc2F)c1. The van der Waals surface area contributed by atoms with E-state index in [1.807, 2.05) is 0 Å². The van der Waals surface area contributed by atoms with Crippen molar-refractivity contribution in [2.24, 2.45) is 4.99 Å². The number of carbonyl (C=O) groups is 1. The Morgan fingerprint density at radius 2 is 1.76 bits per heavy atom. The number of halogens is 2. The molecule has 4 nitrogen and oxygen atoms in total. The van der Waals surface area contributed by atoms with Gasteiger partial charge in [0.15, 0.2) is 5.70 Å². The monoisotopic (exact) mass is 391 g/mol. The molecule has 4 rings (SSSR count). The summed E-state index contributed by atoms with van der Waals surface area (Å²) in [7, 11) is 0. The van der Waals surface area contributed by atoms with Crippen molar-refractivity contribution in [3.8, 4) is 5.75 Å². The van der Waals surface area contributed by atoms with Gasteiger partial charge in [0.2, 0.25) is 5.90 Å². The first kappa shape index (κ1) is 18.6. The second-order valence-electron chi connectivity index (χ2n) is 6.30. The number of rotatable bonds is 5. The van der Waals surface area contributed by atoms with E-state index in [9.17, 15) is 13.6 Å². The summed E-state index contributed by atoms with van der Waals surface area (Å²) in [5, 5.41) is 0. The van der Waals surface area contributed by atoms with Crippen LogP contribution < -0.4 is 4.74 Å². The third-order valence-electron chi connectivity index (χ3n) is 4.23. The zero-order valence-electron chi connectivity index (χ0n) is 15.1. The van der Waals surface area contributed by atoms with Crippen LogP contribution >= 0.6 is 0 Å². The Hall–Kier alpha value is -3.80. The molecule has 0 amide bonds. The van der Waals surface area contributed by atoms with Crippen molar-refractivity contribution in [1.82, 2.24) is 0 Å². The van der Waals surface area contributed by atoms with Crippen LogP contribution in [-0.2, 0) is 16.1 Å². The molecule has 6 heteroatoms. The molecule has 0 atom stereocenters. The van der Waals surface area contributed by atoms with Gasteiger partial charge in [0, 0.05) is 11.1 Å². The molecule has 1 heterocycles. The molecule has 0 fully saturated rings. The quantitative estimate of drug-likeness (QED) is 0.460. The van der Waals surface area contributed by atoms with Crippen molar-refractivity contribution >= 4 is 17.9 Å². The van der Waals surface area contributed by atoms with Gasteiger partial charge in [0.05, 0.1) is 0 Å². The summed E-state index contributed by atoms with van der Waals surface area (Å²) < 4.78 is 37.6. The Labute approximate surface area is 165 Å². The van der Waals surface area contributed by atoms with Crippen LogP contribution in [0.25, 0.3) is 6.08 Å². The summed E-state index contributed by atoms with van der Waals surface area (Å²) in [5.41, 5.74) is 1.75. The van der Waals surface area contributed by atoms with E-state index < -0.39 is 5.97 Å². The van der Waals surface area contributed by atoms with Crippen molar-refractivity contribution in [2.75, 3.05) is 0 Å². The van der Waals surface area contributed by atoms with Crippen LogP contribution in [0, 0.1) is 11.6 Å². The van der Waals surface area contributed by atoms with Crippen LogP contribution in [0.5, 0.6) is 5.75 Å². The first-order valence-corrected chi connectivity index (χ1v) is 8.83. The predicted molar refractivity (Wildman–Crippen MR) is 104 cm³/mol. The minimum Gasteiger partial charge on any atom is -0.489 e. The van der Waals surface area contributed by atoms with Crippen LogP contribution in [0.2, 0.25) is 0 Å². The highest BCUT2D eigenvalue weighted by atomic mass is 19.1. The molecular formula is C23H15F2NO3. The maximum absolute atomic E-state index is 13.7. The van der Waals surface area contributed by atoms with Gasteiger partial charge in [-0.05, 0) is 54.1 Å². The fourth-order valence-electron chi connectivity index (χ4n) is 2.75. The summed E-state index contributed by atoms with van der Waals surface area (Å²) in [4.78, 5) is 16.3. The van der Waals surface area contributed by atoms with Gasteiger partial charge in [-0.25, -0.2) is 18.6 Å². The number of esters is 1. The number of nitrogens with zero attached hydrogens (tertiary/aromatic N) is 1. The third kappa shape index (κ3) is 4.38. The number of benzene rings is 3. The second-order valence-corrected chi connectivity index (χ2v) is 6.30. The van der Waals surface area contributed by atoms with E-state index in [2.05, 4.69) is 4.99 Å². The summed E-state index contributed by atoms with van der Waals surface area (Å²) in [5.74, 6) is -0.671. The number of carbonyl (C=O) groups excluding carboxylic acids is 1. The average molecular weight is 391 g/mol. The molecular weight excluding hydrogens is 376 g/mol. The van der Waals surface area contributed by atoms with E-state index in [0.717, 1.165) is 0 Å². The van der Waals surface area contributed by atoms with Gasteiger partial charge in [0.25, 0.3) is 0 Å². The fourth-order valence-corrected chi connectivity index (χ4v) is 2.75. The molecule has 0 spiro atoms. The molecule has 144 valence electrons. The molecule has 1 aliphatic heterocycles. The summed E-state index contributed by atoms with van der Waals surface area (Å²) in [6, 6.07) is 18.9. The van der Waals surface area contributed by atoms with E-state index in [0.29, 0.717) is 22.4 Å². The molecule has 0 aromatic heterocycles. The second kappa shape index (κ2) is 8.06. The van der Waals surface area contributed by atoms with E-state index in [1.165, 1.54) is 30.3 Å². The zero-order chi connectivity index (χ0) is 20.2. The number of ether oxygens (including phenoxy) is 2. The van der Waals surface area contributed by atoms with Crippen molar-refractivity contribution in [3.63, 3.8) is 0 Å². The van der Waals surface area contributed by atoms with Crippen LogP contribution in [0.4, 0.5) is 8.78 Å². The lowest BCUT2D eigenvalue weighted by atomic mass is 10.2. The fraction of sp³-hybridized carbons (Fsp3) is 0.0435. The molecule has 0 bridgehead atoms. The highest BCUT2D eigenvalue weighted by Crippen LogP contribution is 2.22. The van der Waals surface area contributed by atoms with Gasteiger partial charge in [-0.2, -0.15) is 0 Å². The normalized spacial score (nSPS) is 14.6. The number of aliphatic imine (C=N–C) groups is 1. The van der Waals surface area contributed by atoms with Crippen LogP contribution in [-0.4, -0.2) is 11.9 Å². The Kier molecular flexibility index (Phi) is 5.16.